The van der Waals surface area contributed by atoms with Crippen molar-refractivity contribution >= 4 is 22.5 Å². The summed E-state index contributed by atoms with van der Waals surface area (Å²) < 4.78 is 15.6. The third-order valence-corrected chi connectivity index (χ3v) is 6.51. The maximum atomic E-state index is 13.9. The Bertz CT molecular complexity index is 1540. The quantitative estimate of drug-likeness (QED) is 0.364. The molecular weight excluding hydrogens is 433 g/mol. The van der Waals surface area contributed by atoms with E-state index in [-0.39, 0.29) is 17.7 Å². The molecular formula is C25H24FN7O. The van der Waals surface area contributed by atoms with Gasteiger partial charge in [0.1, 0.15) is 11.6 Å². The molecule has 4 heterocycles. The van der Waals surface area contributed by atoms with Gasteiger partial charge in [-0.1, -0.05) is 26.0 Å². The van der Waals surface area contributed by atoms with Gasteiger partial charge < -0.3 is 15.4 Å². The van der Waals surface area contributed by atoms with Crippen LogP contribution in [-0.2, 0) is 12.8 Å². The van der Waals surface area contributed by atoms with Crippen LogP contribution in [0.15, 0.2) is 42.9 Å². The van der Waals surface area contributed by atoms with Crippen LogP contribution in [0.2, 0.25) is 0 Å². The van der Waals surface area contributed by atoms with Crippen LogP contribution in [0.3, 0.4) is 0 Å². The molecule has 5 aromatic rings. The second kappa shape index (κ2) is 7.79. The minimum atomic E-state index is -0.435. The third kappa shape index (κ3) is 3.35. The van der Waals surface area contributed by atoms with E-state index in [2.05, 4.69) is 34.2 Å². The Balaban J connectivity index is 1.41. The van der Waals surface area contributed by atoms with E-state index in [1.165, 1.54) is 11.6 Å². The predicted octanol–water partition coefficient (Wildman–Crippen LogP) is 4.61. The van der Waals surface area contributed by atoms with Crippen LogP contribution >= 0.6 is 0 Å². The number of hydrogen-bond donors (Lipinski definition) is 3. The Morgan fingerprint density at radius 3 is 2.91 bits per heavy atom. The summed E-state index contributed by atoms with van der Waals surface area (Å²) in [6.07, 6.45) is 7.06. The number of aromatic amines is 1. The molecule has 0 amide bonds. The number of rotatable bonds is 4. The lowest BCUT2D eigenvalue weighted by molar-refractivity contribution is 0.480. The molecule has 3 N–H and O–H groups in total. The van der Waals surface area contributed by atoms with Crippen molar-refractivity contribution in [1.29, 1.82) is 0 Å². The summed E-state index contributed by atoms with van der Waals surface area (Å²) in [5.74, 6) is 1.01. The summed E-state index contributed by atoms with van der Waals surface area (Å²) in [7, 11) is 0. The average molecular weight is 458 g/mol. The van der Waals surface area contributed by atoms with Gasteiger partial charge in [0.25, 0.3) is 0 Å². The number of aromatic hydroxyl groups is 1. The SMILES string of the molecule is CC(C)c1cnn2c(N[C@@H]3CCc4[nH]c5c(O)cccc5c4C3)nc(-c3cncc(F)c3)nc12. The van der Waals surface area contributed by atoms with Gasteiger partial charge in [-0.2, -0.15) is 14.6 Å². The number of nitrogens with one attached hydrogen (secondary N) is 2. The van der Waals surface area contributed by atoms with E-state index in [0.29, 0.717) is 23.0 Å². The first-order valence-electron chi connectivity index (χ1n) is 11.4. The Hall–Kier alpha value is -4.01. The summed E-state index contributed by atoms with van der Waals surface area (Å²) >= 11 is 0. The number of phenolic OH excluding ortho intramolecular Hbond substituents is 1. The third-order valence-electron chi connectivity index (χ3n) is 6.51. The fourth-order valence-electron chi connectivity index (χ4n) is 4.79. The second-order valence-electron chi connectivity index (χ2n) is 9.12. The van der Waals surface area contributed by atoms with E-state index in [0.717, 1.165) is 47.6 Å². The molecule has 4 aromatic heterocycles. The molecule has 1 aliphatic carbocycles. The average Bonchev–Trinajstić information content (AvgIpc) is 3.42. The fourth-order valence-corrected chi connectivity index (χ4v) is 4.79. The molecule has 0 saturated carbocycles. The normalized spacial score (nSPS) is 15.8. The number of aromatic nitrogens is 6. The molecule has 0 fully saturated rings. The molecule has 1 aromatic carbocycles. The topological polar surface area (TPSA) is 104 Å². The number of nitrogens with zero attached hydrogens (tertiary/aromatic N) is 5. The molecule has 0 radical (unpaired) electrons. The number of para-hydroxylation sites is 1. The van der Waals surface area contributed by atoms with Crippen molar-refractivity contribution < 1.29 is 9.50 Å². The van der Waals surface area contributed by atoms with Gasteiger partial charge in [0.15, 0.2) is 11.5 Å². The van der Waals surface area contributed by atoms with Crippen LogP contribution in [0.4, 0.5) is 10.3 Å². The largest absolute Gasteiger partial charge is 0.506 e. The molecule has 6 rings (SSSR count). The first-order chi connectivity index (χ1) is 16.5. The molecule has 1 atom stereocenters. The first kappa shape index (κ1) is 20.6. The summed E-state index contributed by atoms with van der Waals surface area (Å²) in [5, 5.41) is 19.4. The lowest BCUT2D eigenvalue weighted by atomic mass is 9.91. The molecule has 0 unspecified atom stereocenters. The monoisotopic (exact) mass is 457 g/mol. The van der Waals surface area contributed by atoms with E-state index < -0.39 is 5.82 Å². The number of benzene rings is 1. The minimum Gasteiger partial charge on any atom is -0.506 e. The van der Waals surface area contributed by atoms with Crippen molar-refractivity contribution in [3.05, 3.63) is 65.5 Å². The van der Waals surface area contributed by atoms with Crippen LogP contribution < -0.4 is 5.32 Å². The Labute approximate surface area is 194 Å². The molecule has 34 heavy (non-hydrogen) atoms. The zero-order valence-corrected chi connectivity index (χ0v) is 18.9. The lowest BCUT2D eigenvalue weighted by Crippen LogP contribution is -2.29. The second-order valence-corrected chi connectivity index (χ2v) is 9.12. The molecule has 8 nitrogen and oxygen atoms in total. The Morgan fingerprint density at radius 2 is 2.09 bits per heavy atom. The Kier molecular flexibility index (Phi) is 4.72. The van der Waals surface area contributed by atoms with Crippen molar-refractivity contribution in [3.63, 3.8) is 0 Å². The van der Waals surface area contributed by atoms with Gasteiger partial charge >= 0.3 is 0 Å². The van der Waals surface area contributed by atoms with E-state index in [4.69, 9.17) is 9.97 Å². The number of halogens is 1. The molecule has 0 aliphatic heterocycles. The van der Waals surface area contributed by atoms with Gasteiger partial charge in [0, 0.05) is 34.4 Å². The zero-order valence-electron chi connectivity index (χ0n) is 18.9. The van der Waals surface area contributed by atoms with Crippen LogP contribution in [0.5, 0.6) is 5.75 Å². The van der Waals surface area contributed by atoms with Gasteiger partial charge in [0.05, 0.1) is 17.9 Å². The van der Waals surface area contributed by atoms with Crippen molar-refractivity contribution in [2.45, 2.75) is 45.1 Å². The van der Waals surface area contributed by atoms with E-state index in [1.54, 1.807) is 16.8 Å². The summed E-state index contributed by atoms with van der Waals surface area (Å²) in [4.78, 5) is 16.8. The maximum absolute atomic E-state index is 13.9. The highest BCUT2D eigenvalue weighted by atomic mass is 19.1. The van der Waals surface area contributed by atoms with Crippen molar-refractivity contribution in [3.8, 4) is 17.1 Å². The highest BCUT2D eigenvalue weighted by molar-refractivity contribution is 5.89. The van der Waals surface area contributed by atoms with Crippen molar-refractivity contribution in [1.82, 2.24) is 29.5 Å². The molecule has 0 spiro atoms. The number of pyridine rings is 1. The van der Waals surface area contributed by atoms with Gasteiger partial charge in [-0.3, -0.25) is 4.98 Å². The van der Waals surface area contributed by atoms with E-state index >= 15 is 0 Å². The minimum absolute atomic E-state index is 0.108. The molecule has 0 bridgehead atoms. The Morgan fingerprint density at radius 1 is 1.21 bits per heavy atom. The highest BCUT2D eigenvalue weighted by Crippen LogP contribution is 2.34. The summed E-state index contributed by atoms with van der Waals surface area (Å²) in [6, 6.07) is 7.10. The van der Waals surface area contributed by atoms with Crippen LogP contribution in [-0.4, -0.2) is 40.7 Å². The molecule has 1 aliphatic rings. The van der Waals surface area contributed by atoms with Crippen LogP contribution in [0.25, 0.3) is 27.9 Å². The number of aryl methyl sites for hydroxylation is 1. The zero-order chi connectivity index (χ0) is 23.4. The highest BCUT2D eigenvalue weighted by Gasteiger charge is 2.25. The first-order valence-corrected chi connectivity index (χ1v) is 11.4. The van der Waals surface area contributed by atoms with Gasteiger partial charge in [-0.25, -0.2) is 9.37 Å². The number of phenols is 1. The van der Waals surface area contributed by atoms with E-state index in [1.807, 2.05) is 18.3 Å². The molecule has 172 valence electrons. The van der Waals surface area contributed by atoms with Crippen LogP contribution in [0.1, 0.15) is 43.0 Å². The van der Waals surface area contributed by atoms with Crippen molar-refractivity contribution in [2.75, 3.05) is 5.32 Å². The smallest absolute Gasteiger partial charge is 0.228 e. The summed E-state index contributed by atoms with van der Waals surface area (Å²) in [6.45, 7) is 4.18. The van der Waals surface area contributed by atoms with Gasteiger partial charge in [-0.05, 0) is 42.9 Å². The number of fused-ring (bicyclic) bond motifs is 4. The predicted molar refractivity (Wildman–Crippen MR) is 127 cm³/mol. The van der Waals surface area contributed by atoms with E-state index in [9.17, 15) is 9.50 Å². The number of anilines is 1. The number of hydrogen-bond acceptors (Lipinski definition) is 6. The summed E-state index contributed by atoms with van der Waals surface area (Å²) in [5.41, 5.74) is 5.36. The molecule has 0 saturated heterocycles. The lowest BCUT2D eigenvalue weighted by Gasteiger charge is -2.24. The van der Waals surface area contributed by atoms with Gasteiger partial charge in [-0.15, -0.1) is 0 Å². The fraction of sp³-hybridized carbons (Fsp3) is 0.280. The van der Waals surface area contributed by atoms with Crippen molar-refractivity contribution in [2.24, 2.45) is 0 Å². The maximum Gasteiger partial charge on any atom is 0.228 e. The molecule has 9 heteroatoms. The van der Waals surface area contributed by atoms with Gasteiger partial charge in [0.2, 0.25) is 5.95 Å². The number of H-pyrrole nitrogens is 1. The standard InChI is InChI=1S/C25H24FN7O/c1-13(2)19-12-28-33-24(19)31-23(14-8-15(26)11-27-10-14)32-25(33)29-16-6-7-20-18(9-16)17-4-3-5-21(34)22(17)30-20/h3-5,8,10-13,16,30,34H,6-7,9H2,1-2H3,(H,29,31,32)/t16-/m1/s1. The van der Waals surface area contributed by atoms with Crippen LogP contribution in [0, 0.1) is 5.82 Å².